The lowest BCUT2D eigenvalue weighted by Crippen LogP contribution is -2.24. The molecule has 0 fully saturated rings. The van der Waals surface area contributed by atoms with Crippen molar-refractivity contribution < 1.29 is 14.3 Å². The molecule has 0 atom stereocenters. The number of allylic oxidation sites excluding steroid dienone is 2. The molecule has 0 aromatic heterocycles. The number of benzene rings is 1. The summed E-state index contributed by atoms with van der Waals surface area (Å²) < 4.78 is 9.73. The van der Waals surface area contributed by atoms with Crippen molar-refractivity contribution in [2.24, 2.45) is 0 Å². The summed E-state index contributed by atoms with van der Waals surface area (Å²) in [6.45, 7) is 3.71. The maximum Gasteiger partial charge on any atom is 0.189 e. The Labute approximate surface area is 127 Å². The summed E-state index contributed by atoms with van der Waals surface area (Å²) in [4.78, 5) is 12.0. The van der Waals surface area contributed by atoms with Gasteiger partial charge < -0.3 is 9.47 Å². The van der Waals surface area contributed by atoms with Crippen molar-refractivity contribution in [3.63, 3.8) is 0 Å². The Morgan fingerprint density at radius 2 is 1.43 bits per heavy atom. The number of rotatable bonds is 2. The van der Waals surface area contributed by atoms with Crippen LogP contribution in [0.15, 0.2) is 29.8 Å². The highest BCUT2D eigenvalue weighted by atomic mass is 16.7. The van der Waals surface area contributed by atoms with Crippen LogP contribution in [0.4, 0.5) is 0 Å². The zero-order valence-corrected chi connectivity index (χ0v) is 13.4. The molecule has 1 aromatic carbocycles. The second-order valence-electron chi connectivity index (χ2n) is 5.85. The molecule has 0 saturated heterocycles. The fourth-order valence-corrected chi connectivity index (χ4v) is 2.64. The first kappa shape index (κ1) is 15.9. The van der Waals surface area contributed by atoms with Gasteiger partial charge in [-0.15, -0.1) is 0 Å². The molecule has 3 nitrogen and oxygen atoms in total. The van der Waals surface area contributed by atoms with Crippen molar-refractivity contribution in [2.45, 2.75) is 45.3 Å². The number of ether oxygens (including phenoxy) is 2. The zero-order valence-electron chi connectivity index (χ0n) is 13.4. The smallest absolute Gasteiger partial charge is 0.189 e. The molecule has 0 amide bonds. The Hall–Kier alpha value is -1.45. The molecule has 0 saturated carbocycles. The van der Waals surface area contributed by atoms with Crippen molar-refractivity contribution in [1.29, 1.82) is 0 Å². The molecule has 2 aliphatic carbocycles. The molecule has 0 N–H and O–H groups in total. The van der Waals surface area contributed by atoms with Gasteiger partial charge in [-0.25, -0.2) is 0 Å². The second-order valence-corrected chi connectivity index (χ2v) is 5.85. The van der Waals surface area contributed by atoms with Gasteiger partial charge in [-0.2, -0.15) is 0 Å². The Morgan fingerprint density at radius 1 is 0.905 bits per heavy atom. The number of fused-ring (bicyclic) bond motifs is 2. The lowest BCUT2D eigenvalue weighted by Gasteiger charge is -2.19. The summed E-state index contributed by atoms with van der Waals surface area (Å²) in [6.07, 6.45) is 4.50. The molecule has 21 heavy (non-hydrogen) atoms. The third-order valence-electron chi connectivity index (χ3n) is 4.22. The molecule has 0 bridgehead atoms. The van der Waals surface area contributed by atoms with Crippen LogP contribution in [0.2, 0.25) is 0 Å². The fourth-order valence-electron chi connectivity index (χ4n) is 2.64. The van der Waals surface area contributed by atoms with E-state index in [-0.39, 0.29) is 5.78 Å². The molecule has 114 valence electrons. The van der Waals surface area contributed by atoms with Crippen molar-refractivity contribution in [3.05, 3.63) is 41.0 Å². The number of hydrogen-bond acceptors (Lipinski definition) is 3. The zero-order chi connectivity index (χ0) is 15.5. The van der Waals surface area contributed by atoms with Gasteiger partial charge in [-0.1, -0.05) is 24.3 Å². The molecule has 3 heteroatoms. The summed E-state index contributed by atoms with van der Waals surface area (Å²) >= 11 is 0. The third-order valence-corrected chi connectivity index (χ3v) is 4.22. The molecule has 2 aliphatic rings. The molecular formula is C18H24O3. The number of methoxy groups -OCH3 is 2. The fraction of sp³-hybridized carbons (Fsp3) is 0.500. The van der Waals surface area contributed by atoms with Gasteiger partial charge in [-0.05, 0) is 50.7 Å². The molecule has 1 aromatic rings. The highest BCUT2D eigenvalue weighted by molar-refractivity contribution is 6.20. The Morgan fingerprint density at radius 3 is 1.95 bits per heavy atom. The largest absolute Gasteiger partial charge is 0.354 e. The number of carbonyl (C=O) groups is 1. The van der Waals surface area contributed by atoms with E-state index in [1.54, 1.807) is 14.2 Å². The first-order chi connectivity index (χ1) is 10.00. The van der Waals surface area contributed by atoms with E-state index in [0.29, 0.717) is 0 Å². The maximum atomic E-state index is 12.0. The summed E-state index contributed by atoms with van der Waals surface area (Å²) in [7, 11) is 3.23. The molecule has 0 radical (unpaired) electrons. The van der Waals surface area contributed by atoms with Gasteiger partial charge in [0.15, 0.2) is 11.6 Å². The molecule has 0 aliphatic heterocycles. The van der Waals surface area contributed by atoms with Crippen LogP contribution in [-0.2, 0) is 9.47 Å². The first-order valence-electron chi connectivity index (χ1n) is 7.46. The molecule has 0 heterocycles. The monoisotopic (exact) mass is 288 g/mol. The number of hydrogen-bond donors (Lipinski definition) is 0. The van der Waals surface area contributed by atoms with Crippen LogP contribution in [0, 0.1) is 0 Å². The van der Waals surface area contributed by atoms with Crippen LogP contribution in [-0.4, -0.2) is 25.8 Å². The minimum atomic E-state index is -0.417. The van der Waals surface area contributed by atoms with Gasteiger partial charge in [0, 0.05) is 25.4 Å². The highest BCUT2D eigenvalue weighted by Gasteiger charge is 2.29. The van der Waals surface area contributed by atoms with Crippen LogP contribution in [0.5, 0.6) is 0 Å². The van der Waals surface area contributed by atoms with Gasteiger partial charge in [0.05, 0.1) is 0 Å². The standard InChI is InChI=1S/C13H12O.C5H12O2/c14-13-11-7-3-1-5-9(11)10-6-2-4-8-12(10)13;1-5(2,6-3)7-4/h1,3,5,7H,2,4,6,8H2;1-4H3. The lowest BCUT2D eigenvalue weighted by atomic mass is 9.92. The molecule has 0 spiro atoms. The molecular weight excluding hydrogens is 264 g/mol. The summed E-state index contributed by atoms with van der Waals surface area (Å²) in [5.74, 6) is -0.129. The van der Waals surface area contributed by atoms with Gasteiger partial charge in [-0.3, -0.25) is 4.79 Å². The summed E-state index contributed by atoms with van der Waals surface area (Å²) in [6, 6.07) is 8.02. The average Bonchev–Trinajstić information content (AvgIpc) is 2.82. The predicted molar refractivity (Wildman–Crippen MR) is 84.3 cm³/mol. The summed E-state index contributed by atoms with van der Waals surface area (Å²) in [5.41, 5.74) is 4.56. The van der Waals surface area contributed by atoms with E-state index in [0.717, 1.165) is 24.0 Å². The van der Waals surface area contributed by atoms with E-state index in [1.807, 2.05) is 32.0 Å². The number of Topliss-reactive ketones (excluding diaryl/α,β-unsaturated/α-hetero) is 1. The predicted octanol–water partition coefficient (Wildman–Crippen LogP) is 4.23. The topological polar surface area (TPSA) is 35.5 Å². The van der Waals surface area contributed by atoms with Crippen molar-refractivity contribution in [3.8, 4) is 0 Å². The van der Waals surface area contributed by atoms with E-state index >= 15 is 0 Å². The van der Waals surface area contributed by atoms with Crippen LogP contribution >= 0.6 is 0 Å². The Balaban J connectivity index is 0.000000199. The van der Waals surface area contributed by atoms with Crippen LogP contribution < -0.4 is 0 Å². The normalized spacial score (nSPS) is 17.0. The van der Waals surface area contributed by atoms with Gasteiger partial charge in [0.1, 0.15) is 0 Å². The summed E-state index contributed by atoms with van der Waals surface area (Å²) in [5, 5.41) is 0. The van der Waals surface area contributed by atoms with E-state index < -0.39 is 5.79 Å². The van der Waals surface area contributed by atoms with E-state index in [9.17, 15) is 4.79 Å². The minimum Gasteiger partial charge on any atom is -0.354 e. The van der Waals surface area contributed by atoms with Crippen LogP contribution in [0.3, 0.4) is 0 Å². The van der Waals surface area contributed by atoms with E-state index in [2.05, 4.69) is 6.07 Å². The van der Waals surface area contributed by atoms with Gasteiger partial charge in [0.2, 0.25) is 0 Å². The number of carbonyl (C=O) groups excluding carboxylic acids is 1. The Bertz CT molecular complexity index is 549. The molecule has 3 rings (SSSR count). The lowest BCUT2D eigenvalue weighted by molar-refractivity contribution is -0.178. The second kappa shape index (κ2) is 6.54. The van der Waals surface area contributed by atoms with Crippen LogP contribution in [0.25, 0.3) is 5.57 Å². The first-order valence-corrected chi connectivity index (χ1v) is 7.46. The highest BCUT2D eigenvalue weighted by Crippen LogP contribution is 2.40. The SMILES string of the molecule is COC(C)(C)OC.O=C1C2=C(CCCC2)c2ccccc21. The number of ketones is 1. The quantitative estimate of drug-likeness (QED) is 0.764. The molecule has 0 unspecified atom stereocenters. The maximum absolute atomic E-state index is 12.0. The van der Waals surface area contributed by atoms with Gasteiger partial charge >= 0.3 is 0 Å². The van der Waals surface area contributed by atoms with E-state index in [4.69, 9.17) is 9.47 Å². The average molecular weight is 288 g/mol. The van der Waals surface area contributed by atoms with Crippen molar-refractivity contribution >= 4 is 11.4 Å². The minimum absolute atomic E-state index is 0.287. The Kier molecular flexibility index (Phi) is 4.96. The third kappa shape index (κ3) is 3.42. The van der Waals surface area contributed by atoms with Crippen molar-refractivity contribution in [2.75, 3.05) is 14.2 Å². The van der Waals surface area contributed by atoms with E-state index in [1.165, 1.54) is 24.0 Å². The van der Waals surface area contributed by atoms with Gasteiger partial charge in [0.25, 0.3) is 0 Å². The van der Waals surface area contributed by atoms with Crippen LogP contribution in [0.1, 0.15) is 55.5 Å². The van der Waals surface area contributed by atoms with Crippen molar-refractivity contribution in [1.82, 2.24) is 0 Å².